The number of benzene rings is 2. The van der Waals surface area contributed by atoms with E-state index in [0.717, 1.165) is 29.3 Å². The maximum absolute atomic E-state index is 13.4. The van der Waals surface area contributed by atoms with Gasteiger partial charge in [-0.25, -0.2) is 5.01 Å². The Balaban J connectivity index is 1.49. The molecule has 2 saturated carbocycles. The molecule has 9 heteroatoms. The molecule has 0 spiro atoms. The fourth-order valence-electron chi connectivity index (χ4n) is 5.59. The van der Waals surface area contributed by atoms with Crippen LogP contribution in [0.5, 0.6) is 0 Å². The third kappa shape index (κ3) is 3.40. The smallest absolute Gasteiger partial charge is 0.273 e. The summed E-state index contributed by atoms with van der Waals surface area (Å²) in [5.41, 5.74) is 0.193. The average molecular weight is 447 g/mol. The summed E-state index contributed by atoms with van der Waals surface area (Å²) >= 11 is 0. The van der Waals surface area contributed by atoms with Gasteiger partial charge in [-0.1, -0.05) is 30.3 Å². The van der Waals surface area contributed by atoms with Crippen molar-refractivity contribution in [2.45, 2.75) is 19.3 Å². The van der Waals surface area contributed by atoms with Crippen molar-refractivity contribution in [1.82, 2.24) is 10.0 Å². The maximum atomic E-state index is 13.4. The first-order valence-electron chi connectivity index (χ1n) is 10.9. The number of carbonyl (C=O) groups is 4. The van der Waals surface area contributed by atoms with Crippen LogP contribution < -0.4 is 0 Å². The van der Waals surface area contributed by atoms with E-state index in [2.05, 4.69) is 0 Å². The van der Waals surface area contributed by atoms with E-state index in [1.807, 2.05) is 0 Å². The molecule has 1 saturated heterocycles. The zero-order chi connectivity index (χ0) is 23.3. The van der Waals surface area contributed by atoms with Crippen molar-refractivity contribution >= 4 is 29.2 Å². The third-order valence-corrected chi connectivity index (χ3v) is 7.09. The number of carbonyl (C=O) groups excluding carboxylic acids is 4. The van der Waals surface area contributed by atoms with E-state index < -0.39 is 46.8 Å². The monoisotopic (exact) mass is 447 g/mol. The molecule has 2 bridgehead atoms. The lowest BCUT2D eigenvalue weighted by Crippen LogP contribution is -2.52. The van der Waals surface area contributed by atoms with Crippen LogP contribution in [0.1, 0.15) is 40.0 Å². The molecule has 5 rings (SSSR count). The van der Waals surface area contributed by atoms with Crippen LogP contribution in [-0.4, -0.2) is 45.0 Å². The number of fused-ring (bicyclic) bond motifs is 5. The molecule has 33 heavy (non-hydrogen) atoms. The minimum Gasteiger partial charge on any atom is -0.292 e. The standard InChI is InChI=1S/C24H21N3O6/c28-19(14-4-2-1-3-5-14)13-25(22(29)15-8-10-18(11-9-15)27(32)33)26-23(30)20-16-6-7-17(12-16)21(20)24(26)31/h1-5,8-11,16-17,20-21H,6-7,12-13H2/t16-,17-,20-,21-/m0/s1. The van der Waals surface area contributed by atoms with Gasteiger partial charge in [0.25, 0.3) is 23.4 Å². The van der Waals surface area contributed by atoms with Crippen LogP contribution in [0.4, 0.5) is 5.69 Å². The first-order valence-corrected chi connectivity index (χ1v) is 10.9. The number of hydrogen-bond donors (Lipinski definition) is 0. The summed E-state index contributed by atoms with van der Waals surface area (Å²) in [6.45, 7) is -0.494. The minimum atomic E-state index is -0.733. The first kappa shape index (κ1) is 21.0. The van der Waals surface area contributed by atoms with Gasteiger partial charge in [-0.05, 0) is 43.2 Å². The normalized spacial score (nSPS) is 25.3. The number of nitro benzene ring substituents is 1. The van der Waals surface area contributed by atoms with Gasteiger partial charge in [0.2, 0.25) is 0 Å². The zero-order valence-electron chi connectivity index (χ0n) is 17.6. The van der Waals surface area contributed by atoms with E-state index in [-0.39, 0.29) is 23.1 Å². The van der Waals surface area contributed by atoms with Crippen LogP contribution >= 0.6 is 0 Å². The molecular formula is C24H21N3O6. The summed E-state index contributed by atoms with van der Waals surface area (Å²) in [6, 6.07) is 13.2. The van der Waals surface area contributed by atoms with Gasteiger partial charge in [-0.2, -0.15) is 5.01 Å². The second-order valence-corrected chi connectivity index (χ2v) is 8.83. The molecule has 3 amide bonds. The lowest BCUT2D eigenvalue weighted by molar-refractivity contribution is -0.384. The molecule has 2 aromatic rings. The Labute approximate surface area is 189 Å². The van der Waals surface area contributed by atoms with Crippen LogP contribution in [0.15, 0.2) is 54.6 Å². The molecule has 4 atom stereocenters. The van der Waals surface area contributed by atoms with E-state index in [4.69, 9.17) is 0 Å². The number of ketones is 1. The van der Waals surface area contributed by atoms with Gasteiger partial charge in [0.1, 0.15) is 6.54 Å². The van der Waals surface area contributed by atoms with E-state index in [1.54, 1.807) is 30.3 Å². The van der Waals surface area contributed by atoms with Crippen LogP contribution in [-0.2, 0) is 9.59 Å². The quantitative estimate of drug-likeness (QED) is 0.291. The lowest BCUT2D eigenvalue weighted by atomic mass is 9.81. The summed E-state index contributed by atoms with van der Waals surface area (Å²) in [4.78, 5) is 63.4. The molecule has 0 N–H and O–H groups in total. The Morgan fingerprint density at radius 1 is 0.909 bits per heavy atom. The summed E-state index contributed by atoms with van der Waals surface area (Å²) in [7, 11) is 0. The van der Waals surface area contributed by atoms with Gasteiger partial charge in [-0.3, -0.25) is 29.3 Å². The molecule has 9 nitrogen and oxygen atoms in total. The predicted octanol–water partition coefficient (Wildman–Crippen LogP) is 2.87. The van der Waals surface area contributed by atoms with Crippen molar-refractivity contribution < 1.29 is 24.1 Å². The van der Waals surface area contributed by atoms with Gasteiger partial charge >= 0.3 is 0 Å². The fourth-order valence-corrected chi connectivity index (χ4v) is 5.59. The zero-order valence-corrected chi connectivity index (χ0v) is 17.6. The van der Waals surface area contributed by atoms with Crippen molar-refractivity contribution in [1.29, 1.82) is 0 Å². The number of hydrogen-bond acceptors (Lipinski definition) is 6. The van der Waals surface area contributed by atoms with Crippen molar-refractivity contribution in [2.75, 3.05) is 6.54 Å². The number of imide groups is 1. The van der Waals surface area contributed by atoms with Crippen molar-refractivity contribution in [3.05, 3.63) is 75.8 Å². The summed E-state index contributed by atoms with van der Waals surface area (Å²) in [6.07, 6.45) is 2.62. The van der Waals surface area contributed by atoms with Gasteiger partial charge in [0, 0.05) is 23.3 Å². The molecule has 3 fully saturated rings. The number of amides is 3. The molecule has 0 radical (unpaired) electrons. The van der Waals surface area contributed by atoms with E-state index in [1.165, 1.54) is 24.3 Å². The van der Waals surface area contributed by atoms with Gasteiger partial charge in [0.05, 0.1) is 16.8 Å². The van der Waals surface area contributed by atoms with Crippen molar-refractivity contribution in [2.24, 2.45) is 23.7 Å². The highest BCUT2D eigenvalue weighted by Gasteiger charge is 2.62. The molecule has 2 aliphatic carbocycles. The molecule has 3 aliphatic rings. The molecule has 2 aromatic carbocycles. The Morgan fingerprint density at radius 2 is 1.48 bits per heavy atom. The van der Waals surface area contributed by atoms with Crippen LogP contribution in [0.2, 0.25) is 0 Å². The lowest BCUT2D eigenvalue weighted by Gasteiger charge is -2.30. The molecule has 0 aromatic heterocycles. The van der Waals surface area contributed by atoms with Crippen LogP contribution in [0, 0.1) is 33.8 Å². The first-order chi connectivity index (χ1) is 15.9. The number of hydrazine groups is 1. The summed E-state index contributed by atoms with van der Waals surface area (Å²) in [5.74, 6) is -2.67. The third-order valence-electron chi connectivity index (χ3n) is 7.09. The topological polar surface area (TPSA) is 118 Å². The van der Waals surface area contributed by atoms with E-state index in [9.17, 15) is 29.3 Å². The van der Waals surface area contributed by atoms with Gasteiger partial charge < -0.3 is 0 Å². The Kier molecular flexibility index (Phi) is 5.03. The van der Waals surface area contributed by atoms with Crippen molar-refractivity contribution in [3.63, 3.8) is 0 Å². The minimum absolute atomic E-state index is 0.0436. The SMILES string of the molecule is O=C(CN(C(=O)c1ccc([N+](=O)[O-])cc1)N1C(=O)[C@H]2[C@H]3CC[C@@H](C3)[C@@H]2C1=O)c1ccccc1. The number of rotatable bonds is 6. The molecular weight excluding hydrogens is 426 g/mol. The summed E-state index contributed by atoms with van der Waals surface area (Å²) < 4.78 is 0. The van der Waals surface area contributed by atoms with Crippen molar-refractivity contribution in [3.8, 4) is 0 Å². The largest absolute Gasteiger partial charge is 0.292 e. The number of nitrogens with zero attached hydrogens (tertiary/aromatic N) is 3. The maximum Gasteiger partial charge on any atom is 0.273 e. The highest BCUT2D eigenvalue weighted by Crippen LogP contribution is 2.56. The molecule has 1 heterocycles. The molecule has 0 unspecified atom stereocenters. The highest BCUT2D eigenvalue weighted by molar-refractivity contribution is 6.10. The predicted molar refractivity (Wildman–Crippen MR) is 115 cm³/mol. The number of nitro groups is 1. The summed E-state index contributed by atoms with van der Waals surface area (Å²) in [5, 5.41) is 12.7. The van der Waals surface area contributed by atoms with Crippen LogP contribution in [0.25, 0.3) is 0 Å². The average Bonchev–Trinajstić information content (AvgIpc) is 3.51. The molecule has 1 aliphatic heterocycles. The number of Topliss-reactive ketones (excluding diaryl/α,β-unsaturated/α-hetero) is 1. The van der Waals surface area contributed by atoms with Crippen LogP contribution in [0.3, 0.4) is 0 Å². The fraction of sp³-hybridized carbons (Fsp3) is 0.333. The van der Waals surface area contributed by atoms with E-state index in [0.29, 0.717) is 5.56 Å². The Bertz CT molecular complexity index is 1130. The number of non-ortho nitro benzene ring substituents is 1. The van der Waals surface area contributed by atoms with E-state index >= 15 is 0 Å². The van der Waals surface area contributed by atoms with Gasteiger partial charge in [-0.15, -0.1) is 0 Å². The Morgan fingerprint density at radius 3 is 2.03 bits per heavy atom. The van der Waals surface area contributed by atoms with Gasteiger partial charge in [0.15, 0.2) is 5.78 Å². The highest BCUT2D eigenvalue weighted by atomic mass is 16.6. The second kappa shape index (κ2) is 7.91. The Hall–Kier alpha value is -3.88. The molecule has 168 valence electrons. The second-order valence-electron chi connectivity index (χ2n) is 8.83.